The molecule has 18 heavy (non-hydrogen) atoms. The SMILES string of the molecule is C#CCN[C@H]1CCc2ccccc21.O=S(=O)(O)O. The average Bonchev–Trinajstić information content (AvgIpc) is 2.67. The zero-order chi connectivity index (χ0) is 13.6. The fourth-order valence-corrected chi connectivity index (χ4v) is 1.95. The van der Waals surface area contributed by atoms with Crippen LogP contribution in [0.2, 0.25) is 0 Å². The van der Waals surface area contributed by atoms with Crippen LogP contribution in [-0.2, 0) is 16.8 Å². The van der Waals surface area contributed by atoms with Gasteiger partial charge in [-0.1, -0.05) is 30.2 Å². The molecule has 0 saturated heterocycles. The monoisotopic (exact) mass is 269 g/mol. The Kier molecular flexibility index (Phi) is 5.31. The summed E-state index contributed by atoms with van der Waals surface area (Å²) in [6.45, 7) is 0.666. The van der Waals surface area contributed by atoms with Crippen LogP contribution in [0.4, 0.5) is 0 Å². The summed E-state index contributed by atoms with van der Waals surface area (Å²) in [5.74, 6) is 2.61. The van der Waals surface area contributed by atoms with Gasteiger partial charge in [0.2, 0.25) is 0 Å². The van der Waals surface area contributed by atoms with Crippen LogP contribution >= 0.6 is 0 Å². The molecule has 1 aliphatic rings. The zero-order valence-corrected chi connectivity index (χ0v) is 10.5. The van der Waals surface area contributed by atoms with E-state index in [1.54, 1.807) is 0 Å². The fraction of sp³-hybridized carbons (Fsp3) is 0.333. The standard InChI is InChI=1S/C12H13N.H2O4S/c1-2-9-13-12-8-7-10-5-3-4-6-11(10)12;1-5(2,3)4/h1,3-6,12-13H,7-9H2;(H2,1,2,3,4)/t12-;/m0./s1. The molecule has 2 rings (SSSR count). The lowest BCUT2D eigenvalue weighted by Crippen LogP contribution is -2.19. The van der Waals surface area contributed by atoms with Crippen LogP contribution < -0.4 is 5.32 Å². The van der Waals surface area contributed by atoms with Gasteiger partial charge in [-0.3, -0.25) is 14.4 Å². The third-order valence-electron chi connectivity index (χ3n) is 2.58. The quantitative estimate of drug-likeness (QED) is 0.555. The van der Waals surface area contributed by atoms with Crippen LogP contribution in [-0.4, -0.2) is 24.1 Å². The van der Waals surface area contributed by atoms with Crippen molar-refractivity contribution in [3.8, 4) is 12.3 Å². The summed E-state index contributed by atoms with van der Waals surface area (Å²) in [7, 11) is -4.67. The van der Waals surface area contributed by atoms with Gasteiger partial charge in [0.1, 0.15) is 0 Å². The third kappa shape index (κ3) is 5.29. The molecule has 0 amide bonds. The minimum atomic E-state index is -4.67. The molecule has 0 fully saturated rings. The van der Waals surface area contributed by atoms with E-state index < -0.39 is 10.4 Å². The van der Waals surface area contributed by atoms with Crippen LogP contribution in [0.3, 0.4) is 0 Å². The molecule has 0 unspecified atom stereocenters. The van der Waals surface area contributed by atoms with E-state index in [2.05, 4.69) is 35.5 Å². The lowest BCUT2D eigenvalue weighted by Gasteiger charge is -2.10. The molecular formula is C12H15NO4S. The van der Waals surface area contributed by atoms with Crippen LogP contribution in [0.5, 0.6) is 0 Å². The van der Waals surface area contributed by atoms with E-state index in [9.17, 15) is 0 Å². The predicted molar refractivity (Wildman–Crippen MR) is 68.5 cm³/mol. The largest absolute Gasteiger partial charge is 0.394 e. The van der Waals surface area contributed by atoms with Gasteiger partial charge >= 0.3 is 10.4 Å². The Balaban J connectivity index is 0.000000280. The Bertz CT molecular complexity index is 525. The van der Waals surface area contributed by atoms with Crippen molar-refractivity contribution < 1.29 is 17.5 Å². The van der Waals surface area contributed by atoms with Gasteiger partial charge in [0.25, 0.3) is 0 Å². The molecule has 0 saturated carbocycles. The molecule has 0 heterocycles. The van der Waals surface area contributed by atoms with Crippen molar-refractivity contribution in [1.29, 1.82) is 0 Å². The van der Waals surface area contributed by atoms with Gasteiger partial charge in [-0.25, -0.2) is 0 Å². The van der Waals surface area contributed by atoms with Gasteiger partial charge in [-0.15, -0.1) is 6.42 Å². The maximum absolute atomic E-state index is 8.74. The highest BCUT2D eigenvalue weighted by Gasteiger charge is 2.20. The zero-order valence-electron chi connectivity index (χ0n) is 9.70. The maximum Gasteiger partial charge on any atom is 0.394 e. The Morgan fingerprint density at radius 1 is 1.39 bits per heavy atom. The number of benzene rings is 1. The Labute approximate surface area is 107 Å². The molecule has 0 bridgehead atoms. The van der Waals surface area contributed by atoms with Crippen molar-refractivity contribution >= 4 is 10.4 Å². The summed E-state index contributed by atoms with van der Waals surface area (Å²) in [5.41, 5.74) is 2.90. The number of hydrogen-bond donors (Lipinski definition) is 3. The topological polar surface area (TPSA) is 86.6 Å². The van der Waals surface area contributed by atoms with Gasteiger partial charge in [0.05, 0.1) is 6.54 Å². The van der Waals surface area contributed by atoms with Crippen LogP contribution in [0, 0.1) is 12.3 Å². The van der Waals surface area contributed by atoms with Gasteiger partial charge in [-0.05, 0) is 24.0 Å². The number of terminal acetylenes is 1. The van der Waals surface area contributed by atoms with Crippen LogP contribution in [0.1, 0.15) is 23.6 Å². The first-order valence-electron chi connectivity index (χ1n) is 5.36. The summed E-state index contributed by atoms with van der Waals surface area (Å²) in [6, 6.07) is 9.06. The number of rotatable bonds is 2. The molecule has 6 heteroatoms. The first kappa shape index (κ1) is 14.7. The van der Waals surface area contributed by atoms with Crippen molar-refractivity contribution in [2.24, 2.45) is 0 Å². The molecule has 0 aromatic heterocycles. The van der Waals surface area contributed by atoms with E-state index in [-0.39, 0.29) is 0 Å². The van der Waals surface area contributed by atoms with Crippen molar-refractivity contribution in [3.05, 3.63) is 35.4 Å². The van der Waals surface area contributed by atoms with E-state index in [0.717, 1.165) is 0 Å². The van der Waals surface area contributed by atoms with E-state index in [1.807, 2.05) is 0 Å². The molecule has 1 aromatic carbocycles. The lowest BCUT2D eigenvalue weighted by molar-refractivity contribution is 0.381. The number of fused-ring (bicyclic) bond motifs is 1. The molecule has 5 nitrogen and oxygen atoms in total. The second-order valence-electron chi connectivity index (χ2n) is 3.82. The summed E-state index contributed by atoms with van der Waals surface area (Å²) < 4.78 is 31.6. The van der Waals surface area contributed by atoms with Gasteiger partial charge < -0.3 is 0 Å². The minimum absolute atomic E-state index is 0.479. The predicted octanol–water partition coefficient (Wildman–Crippen LogP) is 1.24. The molecule has 0 spiro atoms. The Morgan fingerprint density at radius 2 is 2.00 bits per heavy atom. The van der Waals surface area contributed by atoms with Crippen molar-refractivity contribution in [3.63, 3.8) is 0 Å². The summed E-state index contributed by atoms with van der Waals surface area (Å²) >= 11 is 0. The molecule has 0 radical (unpaired) electrons. The second-order valence-corrected chi connectivity index (χ2v) is 4.72. The summed E-state index contributed by atoms with van der Waals surface area (Å²) in [6.07, 6.45) is 7.57. The maximum atomic E-state index is 8.74. The molecule has 98 valence electrons. The van der Waals surface area contributed by atoms with Crippen LogP contribution in [0.15, 0.2) is 24.3 Å². The first-order valence-corrected chi connectivity index (χ1v) is 6.76. The van der Waals surface area contributed by atoms with Crippen LogP contribution in [0.25, 0.3) is 0 Å². The molecule has 1 aromatic rings. The average molecular weight is 269 g/mol. The van der Waals surface area contributed by atoms with E-state index in [0.29, 0.717) is 12.6 Å². The molecule has 0 aliphatic heterocycles. The molecule has 1 aliphatic carbocycles. The summed E-state index contributed by atoms with van der Waals surface area (Å²) in [4.78, 5) is 0. The minimum Gasteiger partial charge on any atom is -0.299 e. The fourth-order valence-electron chi connectivity index (χ4n) is 1.95. The number of hydrogen-bond acceptors (Lipinski definition) is 3. The highest BCUT2D eigenvalue weighted by molar-refractivity contribution is 7.79. The van der Waals surface area contributed by atoms with E-state index in [4.69, 9.17) is 23.9 Å². The lowest BCUT2D eigenvalue weighted by atomic mass is 10.1. The number of nitrogens with one attached hydrogen (secondary N) is 1. The van der Waals surface area contributed by atoms with Crippen molar-refractivity contribution in [2.75, 3.05) is 6.54 Å². The highest BCUT2D eigenvalue weighted by atomic mass is 32.3. The first-order chi connectivity index (χ1) is 8.42. The summed E-state index contributed by atoms with van der Waals surface area (Å²) in [5, 5.41) is 3.35. The van der Waals surface area contributed by atoms with Gasteiger partial charge in [0, 0.05) is 6.04 Å². The smallest absolute Gasteiger partial charge is 0.299 e. The molecular weight excluding hydrogens is 254 g/mol. The van der Waals surface area contributed by atoms with E-state index in [1.165, 1.54) is 24.0 Å². The molecule has 1 atom stereocenters. The second kappa shape index (κ2) is 6.52. The number of aryl methyl sites for hydroxylation is 1. The third-order valence-corrected chi connectivity index (χ3v) is 2.58. The normalized spacial score (nSPS) is 17.3. The Morgan fingerprint density at radius 3 is 2.61 bits per heavy atom. The van der Waals surface area contributed by atoms with Gasteiger partial charge in [0.15, 0.2) is 0 Å². The van der Waals surface area contributed by atoms with E-state index >= 15 is 0 Å². The van der Waals surface area contributed by atoms with Crippen molar-refractivity contribution in [2.45, 2.75) is 18.9 Å². The van der Waals surface area contributed by atoms with Crippen molar-refractivity contribution in [1.82, 2.24) is 5.32 Å². The highest BCUT2D eigenvalue weighted by Crippen LogP contribution is 2.30. The Hall–Kier alpha value is -1.39. The molecule has 3 N–H and O–H groups in total. The van der Waals surface area contributed by atoms with Gasteiger partial charge in [-0.2, -0.15) is 8.42 Å².